The molecular weight excluding hydrogens is 425 g/mol. The zero-order valence-corrected chi connectivity index (χ0v) is 17.5. The number of aliphatic hydroxyl groups excluding tert-OH is 1. The fourth-order valence-electron chi connectivity index (χ4n) is 3.69. The molecule has 2 heterocycles. The number of aliphatic carboxylic acids is 1. The van der Waals surface area contributed by atoms with E-state index in [2.05, 4.69) is 22.3 Å². The van der Waals surface area contributed by atoms with Gasteiger partial charge in [0.15, 0.2) is 0 Å². The predicted molar refractivity (Wildman–Crippen MR) is 107 cm³/mol. The summed E-state index contributed by atoms with van der Waals surface area (Å²) in [6.07, 6.45) is -2.27. The SMILES string of the molecule is C[C@@H](O)[C@H]1CN(C2CCNCC2)[C@@H](Cc2ccc(Cl)cc2)CO1.O=C(O)C(F)(F)F. The van der Waals surface area contributed by atoms with Crippen molar-refractivity contribution in [1.82, 2.24) is 10.2 Å². The summed E-state index contributed by atoms with van der Waals surface area (Å²) in [4.78, 5) is 11.5. The Kier molecular flexibility index (Phi) is 9.36. The summed E-state index contributed by atoms with van der Waals surface area (Å²) in [6, 6.07) is 9.06. The number of halogens is 4. The van der Waals surface area contributed by atoms with Gasteiger partial charge in [0.05, 0.1) is 18.8 Å². The number of nitrogens with one attached hydrogen (secondary N) is 1. The van der Waals surface area contributed by atoms with E-state index in [1.165, 1.54) is 18.4 Å². The van der Waals surface area contributed by atoms with E-state index in [0.717, 1.165) is 31.1 Å². The van der Waals surface area contributed by atoms with Crippen LogP contribution >= 0.6 is 11.6 Å². The van der Waals surface area contributed by atoms with E-state index in [4.69, 9.17) is 26.2 Å². The summed E-state index contributed by atoms with van der Waals surface area (Å²) >= 11 is 5.99. The first kappa shape index (κ1) is 24.9. The van der Waals surface area contributed by atoms with Gasteiger partial charge in [0.1, 0.15) is 0 Å². The Labute approximate surface area is 179 Å². The topological polar surface area (TPSA) is 82.0 Å². The Balaban J connectivity index is 0.000000396. The Hall–Kier alpha value is -1.39. The molecule has 6 nitrogen and oxygen atoms in total. The number of nitrogens with zero attached hydrogens (tertiary/aromatic N) is 1. The number of carboxylic acids is 1. The molecule has 0 aromatic heterocycles. The van der Waals surface area contributed by atoms with E-state index in [1.54, 1.807) is 0 Å². The lowest BCUT2D eigenvalue weighted by Crippen LogP contribution is -2.58. The summed E-state index contributed by atoms with van der Waals surface area (Å²) in [5.41, 5.74) is 1.29. The highest BCUT2D eigenvalue weighted by atomic mass is 35.5. The fraction of sp³-hybridized carbons (Fsp3) is 0.650. The molecule has 2 saturated heterocycles. The molecule has 0 radical (unpaired) electrons. The van der Waals surface area contributed by atoms with Crippen LogP contribution in [0.2, 0.25) is 5.02 Å². The van der Waals surface area contributed by atoms with E-state index in [0.29, 0.717) is 18.7 Å². The molecule has 0 bridgehead atoms. The van der Waals surface area contributed by atoms with Crippen LogP contribution in [0.4, 0.5) is 13.2 Å². The van der Waals surface area contributed by atoms with Crippen molar-refractivity contribution in [3.63, 3.8) is 0 Å². The molecule has 170 valence electrons. The van der Waals surface area contributed by atoms with Crippen molar-refractivity contribution < 1.29 is 32.9 Å². The molecule has 0 saturated carbocycles. The monoisotopic (exact) mass is 452 g/mol. The van der Waals surface area contributed by atoms with Crippen LogP contribution in [-0.2, 0) is 16.0 Å². The van der Waals surface area contributed by atoms with Gasteiger partial charge in [-0.2, -0.15) is 13.2 Å². The highest BCUT2D eigenvalue weighted by Crippen LogP contribution is 2.24. The van der Waals surface area contributed by atoms with Gasteiger partial charge in [0.25, 0.3) is 0 Å². The normalized spacial score (nSPS) is 24.6. The van der Waals surface area contributed by atoms with Crippen LogP contribution in [0.5, 0.6) is 0 Å². The molecule has 3 atom stereocenters. The maximum Gasteiger partial charge on any atom is 0.490 e. The summed E-state index contributed by atoms with van der Waals surface area (Å²) in [7, 11) is 0. The van der Waals surface area contributed by atoms with Crippen LogP contribution in [0.15, 0.2) is 24.3 Å². The zero-order valence-electron chi connectivity index (χ0n) is 16.7. The second kappa shape index (κ2) is 11.3. The van der Waals surface area contributed by atoms with E-state index < -0.39 is 18.2 Å². The van der Waals surface area contributed by atoms with Crippen molar-refractivity contribution in [2.75, 3.05) is 26.2 Å². The number of rotatable bonds is 4. The minimum absolute atomic E-state index is 0.0775. The largest absolute Gasteiger partial charge is 0.490 e. The van der Waals surface area contributed by atoms with Gasteiger partial charge in [-0.3, -0.25) is 4.90 Å². The second-order valence-electron chi connectivity index (χ2n) is 7.58. The second-order valence-corrected chi connectivity index (χ2v) is 8.01. The summed E-state index contributed by atoms with van der Waals surface area (Å²) < 4.78 is 37.7. The van der Waals surface area contributed by atoms with Crippen molar-refractivity contribution in [2.45, 2.75) is 56.7 Å². The lowest BCUT2D eigenvalue weighted by molar-refractivity contribution is -0.192. The molecule has 1 aromatic rings. The Morgan fingerprint density at radius 3 is 2.37 bits per heavy atom. The molecule has 3 rings (SSSR count). The molecule has 0 amide bonds. The maximum absolute atomic E-state index is 10.6. The van der Waals surface area contributed by atoms with Gasteiger partial charge in [-0.05, 0) is 57.0 Å². The molecular formula is C20H28ClF3N2O4. The number of piperidine rings is 1. The Morgan fingerprint density at radius 1 is 1.30 bits per heavy atom. The molecule has 0 aliphatic carbocycles. The van der Waals surface area contributed by atoms with E-state index >= 15 is 0 Å². The van der Waals surface area contributed by atoms with Gasteiger partial charge < -0.3 is 20.3 Å². The zero-order chi connectivity index (χ0) is 22.3. The van der Waals surface area contributed by atoms with Crippen molar-refractivity contribution in [2.24, 2.45) is 0 Å². The molecule has 2 aliphatic rings. The lowest BCUT2D eigenvalue weighted by Gasteiger charge is -2.46. The third-order valence-corrected chi connectivity index (χ3v) is 5.56. The number of hydrogen-bond acceptors (Lipinski definition) is 5. The van der Waals surface area contributed by atoms with Gasteiger partial charge in [-0.1, -0.05) is 23.7 Å². The summed E-state index contributed by atoms with van der Waals surface area (Å²) in [5.74, 6) is -2.76. The van der Waals surface area contributed by atoms with Crippen LogP contribution in [0.1, 0.15) is 25.3 Å². The first-order valence-electron chi connectivity index (χ1n) is 9.88. The predicted octanol–water partition coefficient (Wildman–Crippen LogP) is 2.72. The molecule has 3 N–H and O–H groups in total. The smallest absolute Gasteiger partial charge is 0.475 e. The highest BCUT2D eigenvalue weighted by molar-refractivity contribution is 6.30. The quantitative estimate of drug-likeness (QED) is 0.651. The number of carboxylic acid groups (broad SMARTS) is 1. The number of alkyl halides is 3. The minimum Gasteiger partial charge on any atom is -0.475 e. The van der Waals surface area contributed by atoms with Crippen molar-refractivity contribution in [3.8, 4) is 0 Å². The molecule has 0 spiro atoms. The van der Waals surface area contributed by atoms with Crippen LogP contribution in [0.25, 0.3) is 0 Å². The molecule has 10 heteroatoms. The number of morpholine rings is 1. The number of benzene rings is 1. The maximum atomic E-state index is 10.6. The van der Waals surface area contributed by atoms with E-state index in [-0.39, 0.29) is 6.10 Å². The average molecular weight is 453 g/mol. The molecule has 1 aromatic carbocycles. The highest BCUT2D eigenvalue weighted by Gasteiger charge is 2.38. The lowest BCUT2D eigenvalue weighted by atomic mass is 9.96. The van der Waals surface area contributed by atoms with Gasteiger partial charge in [-0.15, -0.1) is 0 Å². The van der Waals surface area contributed by atoms with Gasteiger partial charge in [-0.25, -0.2) is 4.79 Å². The molecule has 30 heavy (non-hydrogen) atoms. The van der Waals surface area contributed by atoms with Gasteiger partial charge in [0.2, 0.25) is 0 Å². The molecule has 0 unspecified atom stereocenters. The summed E-state index contributed by atoms with van der Waals surface area (Å²) in [6.45, 7) is 5.48. The number of ether oxygens (including phenoxy) is 1. The first-order valence-corrected chi connectivity index (χ1v) is 10.3. The third kappa shape index (κ3) is 7.70. The van der Waals surface area contributed by atoms with Crippen LogP contribution < -0.4 is 5.32 Å². The first-order chi connectivity index (χ1) is 14.1. The molecule has 2 fully saturated rings. The van der Waals surface area contributed by atoms with Crippen molar-refractivity contribution in [1.29, 1.82) is 0 Å². The van der Waals surface area contributed by atoms with E-state index in [1.807, 2.05) is 19.1 Å². The summed E-state index contributed by atoms with van der Waals surface area (Å²) in [5, 5.41) is 21.3. The Morgan fingerprint density at radius 2 is 1.87 bits per heavy atom. The number of carbonyl (C=O) groups is 1. The average Bonchev–Trinajstić information content (AvgIpc) is 2.70. The fourth-order valence-corrected chi connectivity index (χ4v) is 3.81. The Bertz CT molecular complexity index is 667. The van der Waals surface area contributed by atoms with Gasteiger partial charge >= 0.3 is 12.1 Å². The third-order valence-electron chi connectivity index (χ3n) is 5.31. The number of aliphatic hydroxyl groups is 1. The standard InChI is InChI=1S/C18H27ClN2O2.C2HF3O2/c1-13(22)18-11-21(16-6-8-20-9-7-16)17(12-23-18)10-14-2-4-15(19)5-3-14;3-2(4,5)1(6)7/h2-5,13,16-18,20,22H,6-12H2,1H3;(H,6,7)/t13-,17+,18-;/m1./s1. The van der Waals surface area contributed by atoms with Crippen LogP contribution in [0.3, 0.4) is 0 Å². The van der Waals surface area contributed by atoms with Crippen molar-refractivity contribution in [3.05, 3.63) is 34.9 Å². The number of hydrogen-bond donors (Lipinski definition) is 3. The van der Waals surface area contributed by atoms with Crippen molar-refractivity contribution >= 4 is 17.6 Å². The molecule has 2 aliphatic heterocycles. The van der Waals surface area contributed by atoms with E-state index in [9.17, 15) is 18.3 Å². The van der Waals surface area contributed by atoms with Crippen LogP contribution in [0, 0.1) is 0 Å². The van der Waals surface area contributed by atoms with Crippen LogP contribution in [-0.4, -0.2) is 77.8 Å². The van der Waals surface area contributed by atoms with Gasteiger partial charge in [0, 0.05) is 23.7 Å². The minimum atomic E-state index is -5.08.